The Kier molecular flexibility index (Phi) is 7.50. The van der Waals surface area contributed by atoms with E-state index in [1.807, 2.05) is 0 Å². The number of nitrogens with zero attached hydrogens (tertiary/aromatic N) is 1. The molecular formula is C13H24N2O5. The van der Waals surface area contributed by atoms with Gasteiger partial charge in [-0.1, -0.05) is 0 Å². The first-order valence-electron chi connectivity index (χ1n) is 6.78. The zero-order valence-corrected chi connectivity index (χ0v) is 12.1. The normalized spacial score (nSPS) is 22.6. The Balaban J connectivity index is 2.48. The van der Waals surface area contributed by atoms with Crippen LogP contribution in [0.3, 0.4) is 0 Å². The molecule has 116 valence electrons. The fourth-order valence-corrected chi connectivity index (χ4v) is 2.36. The summed E-state index contributed by atoms with van der Waals surface area (Å²) < 4.78 is 9.65. The van der Waals surface area contributed by atoms with Crippen LogP contribution in [-0.2, 0) is 19.1 Å². The molecule has 0 aliphatic carbocycles. The number of aliphatic hydroxyl groups is 1. The van der Waals surface area contributed by atoms with Crippen LogP contribution >= 0.6 is 0 Å². The molecule has 2 amide bonds. The molecule has 7 nitrogen and oxygen atoms in total. The summed E-state index contributed by atoms with van der Waals surface area (Å²) in [5, 5.41) is 12.3. The number of hydrogen-bond acceptors (Lipinski definition) is 5. The molecule has 20 heavy (non-hydrogen) atoms. The molecule has 2 N–H and O–H groups in total. The molecule has 1 aliphatic rings. The lowest BCUT2D eigenvalue weighted by atomic mass is 9.92. The highest BCUT2D eigenvalue weighted by atomic mass is 16.5. The van der Waals surface area contributed by atoms with E-state index in [1.165, 1.54) is 7.11 Å². The molecule has 1 saturated heterocycles. The lowest BCUT2D eigenvalue weighted by molar-refractivity contribution is -0.135. The van der Waals surface area contributed by atoms with E-state index in [9.17, 15) is 14.7 Å². The quantitative estimate of drug-likeness (QED) is 0.627. The predicted octanol–water partition coefficient (Wildman–Crippen LogP) is -1.01. The fourth-order valence-electron chi connectivity index (χ4n) is 2.36. The summed E-state index contributed by atoms with van der Waals surface area (Å²) >= 11 is 0. The number of carbonyl (C=O) groups is 2. The van der Waals surface area contributed by atoms with Crippen molar-refractivity contribution in [1.82, 2.24) is 10.2 Å². The maximum atomic E-state index is 11.9. The highest BCUT2D eigenvalue weighted by Crippen LogP contribution is 2.17. The van der Waals surface area contributed by atoms with Crippen molar-refractivity contribution in [3.05, 3.63) is 0 Å². The Bertz CT molecular complexity index is 324. The second-order valence-electron chi connectivity index (χ2n) is 4.92. The van der Waals surface area contributed by atoms with E-state index in [-0.39, 0.29) is 37.0 Å². The van der Waals surface area contributed by atoms with Crippen LogP contribution in [0.4, 0.5) is 0 Å². The van der Waals surface area contributed by atoms with E-state index in [0.29, 0.717) is 32.5 Å². The molecule has 1 fully saturated rings. The van der Waals surface area contributed by atoms with Gasteiger partial charge < -0.3 is 24.8 Å². The van der Waals surface area contributed by atoms with Crippen molar-refractivity contribution in [2.24, 2.45) is 5.92 Å². The first-order valence-corrected chi connectivity index (χ1v) is 6.78. The van der Waals surface area contributed by atoms with Crippen molar-refractivity contribution in [3.63, 3.8) is 0 Å². The molecule has 0 unspecified atom stereocenters. The summed E-state index contributed by atoms with van der Waals surface area (Å²) in [6.45, 7) is 1.37. The zero-order chi connectivity index (χ0) is 15.0. The maximum absolute atomic E-state index is 11.9. The summed E-state index contributed by atoms with van der Waals surface area (Å²) in [5.74, 6) is -0.321. The first kappa shape index (κ1) is 16.9. The Labute approximate surface area is 119 Å². The largest absolute Gasteiger partial charge is 0.396 e. The van der Waals surface area contributed by atoms with Crippen LogP contribution in [0, 0.1) is 5.92 Å². The third-order valence-corrected chi connectivity index (χ3v) is 3.46. The maximum Gasteiger partial charge on any atom is 0.246 e. The highest BCUT2D eigenvalue weighted by Gasteiger charge is 2.31. The van der Waals surface area contributed by atoms with Crippen LogP contribution in [0.5, 0.6) is 0 Å². The molecule has 2 atom stereocenters. The Morgan fingerprint density at radius 3 is 2.70 bits per heavy atom. The van der Waals surface area contributed by atoms with Crippen LogP contribution < -0.4 is 5.32 Å². The molecular weight excluding hydrogens is 264 g/mol. The lowest BCUT2D eigenvalue weighted by Gasteiger charge is -2.38. The molecule has 0 spiro atoms. The van der Waals surface area contributed by atoms with E-state index in [1.54, 1.807) is 12.0 Å². The molecule has 7 heteroatoms. The van der Waals surface area contributed by atoms with Crippen molar-refractivity contribution in [1.29, 1.82) is 0 Å². The van der Waals surface area contributed by atoms with Gasteiger partial charge in [-0.15, -0.1) is 0 Å². The number of rotatable bonds is 7. The standard InChI is InChI=1S/C13H24N2O5/c1-19-6-4-13(18)15-5-3-11(10(7-15)8-16)14-12(17)9-20-2/h10-11,16H,3-9H2,1-2H3,(H,14,17)/t10-,11-/m1/s1. The van der Waals surface area contributed by atoms with Crippen molar-refractivity contribution in [2.75, 3.05) is 47.1 Å². The van der Waals surface area contributed by atoms with Gasteiger partial charge in [0.15, 0.2) is 0 Å². The van der Waals surface area contributed by atoms with Gasteiger partial charge >= 0.3 is 0 Å². The molecule has 1 aliphatic heterocycles. The third kappa shape index (κ3) is 5.07. The van der Waals surface area contributed by atoms with Crippen molar-refractivity contribution >= 4 is 11.8 Å². The third-order valence-electron chi connectivity index (χ3n) is 3.46. The summed E-state index contributed by atoms with van der Waals surface area (Å²) in [6, 6.07) is -0.117. The van der Waals surface area contributed by atoms with Crippen LogP contribution in [0.25, 0.3) is 0 Å². The summed E-state index contributed by atoms with van der Waals surface area (Å²) in [6.07, 6.45) is 0.981. The van der Waals surface area contributed by atoms with Gasteiger partial charge in [-0.25, -0.2) is 0 Å². The van der Waals surface area contributed by atoms with E-state index < -0.39 is 0 Å². The second-order valence-corrected chi connectivity index (χ2v) is 4.92. The zero-order valence-electron chi connectivity index (χ0n) is 12.1. The number of amides is 2. The minimum Gasteiger partial charge on any atom is -0.396 e. The number of aliphatic hydroxyl groups excluding tert-OH is 1. The minimum absolute atomic E-state index is 0.00509. The van der Waals surface area contributed by atoms with Gasteiger partial charge in [0.05, 0.1) is 13.0 Å². The predicted molar refractivity (Wildman–Crippen MR) is 72.1 cm³/mol. The van der Waals surface area contributed by atoms with Crippen LogP contribution in [0.1, 0.15) is 12.8 Å². The monoisotopic (exact) mass is 288 g/mol. The van der Waals surface area contributed by atoms with E-state index >= 15 is 0 Å². The van der Waals surface area contributed by atoms with Gasteiger partial charge in [-0.3, -0.25) is 9.59 Å². The highest BCUT2D eigenvalue weighted by molar-refractivity contribution is 5.78. The van der Waals surface area contributed by atoms with Gasteiger partial charge in [0, 0.05) is 45.9 Å². The average Bonchev–Trinajstić information content (AvgIpc) is 2.45. The van der Waals surface area contributed by atoms with Gasteiger partial charge in [-0.2, -0.15) is 0 Å². The molecule has 0 radical (unpaired) electrons. The van der Waals surface area contributed by atoms with Crippen LogP contribution in [-0.4, -0.2) is 75.0 Å². The Morgan fingerprint density at radius 2 is 2.10 bits per heavy atom. The fraction of sp³-hybridized carbons (Fsp3) is 0.846. The van der Waals surface area contributed by atoms with E-state index in [0.717, 1.165) is 0 Å². The van der Waals surface area contributed by atoms with Crippen molar-refractivity contribution in [3.8, 4) is 0 Å². The number of methoxy groups -OCH3 is 2. The first-order chi connectivity index (χ1) is 9.62. The van der Waals surface area contributed by atoms with Crippen LogP contribution in [0.2, 0.25) is 0 Å². The van der Waals surface area contributed by atoms with E-state index in [2.05, 4.69) is 5.32 Å². The van der Waals surface area contributed by atoms with Crippen LogP contribution in [0.15, 0.2) is 0 Å². The molecule has 0 bridgehead atoms. The average molecular weight is 288 g/mol. The summed E-state index contributed by atoms with van der Waals surface area (Å²) in [4.78, 5) is 25.1. The smallest absolute Gasteiger partial charge is 0.246 e. The minimum atomic E-state index is -0.199. The van der Waals surface area contributed by atoms with Gasteiger partial charge in [-0.05, 0) is 6.42 Å². The SMILES string of the molecule is COCCC(=O)N1CC[C@@H](NC(=O)COC)[C@@H](CO)C1. The van der Waals surface area contributed by atoms with E-state index in [4.69, 9.17) is 9.47 Å². The van der Waals surface area contributed by atoms with Gasteiger partial charge in [0.1, 0.15) is 6.61 Å². The lowest BCUT2D eigenvalue weighted by Crippen LogP contribution is -2.54. The Morgan fingerprint density at radius 1 is 1.35 bits per heavy atom. The number of piperidine rings is 1. The number of hydrogen-bond donors (Lipinski definition) is 2. The molecule has 0 saturated carbocycles. The second kappa shape index (κ2) is 8.89. The molecule has 1 rings (SSSR count). The number of likely N-dealkylation sites (tertiary alicyclic amines) is 1. The van der Waals surface area contributed by atoms with Gasteiger partial charge in [0.2, 0.25) is 11.8 Å². The summed E-state index contributed by atoms with van der Waals surface area (Å²) in [5.41, 5.74) is 0. The molecule has 0 aromatic carbocycles. The van der Waals surface area contributed by atoms with Crippen molar-refractivity contribution in [2.45, 2.75) is 18.9 Å². The molecule has 0 aromatic heterocycles. The summed E-state index contributed by atoms with van der Waals surface area (Å²) in [7, 11) is 3.02. The van der Waals surface area contributed by atoms with Crippen molar-refractivity contribution < 1.29 is 24.2 Å². The molecule has 0 aromatic rings. The van der Waals surface area contributed by atoms with Gasteiger partial charge in [0.25, 0.3) is 0 Å². The molecule has 1 heterocycles. The Hall–Kier alpha value is -1.18. The topological polar surface area (TPSA) is 88.1 Å². The number of carbonyl (C=O) groups excluding carboxylic acids is 2. The number of nitrogens with one attached hydrogen (secondary N) is 1. The number of ether oxygens (including phenoxy) is 2.